The number of hydrogen-bond donors (Lipinski definition) is 1. The predicted molar refractivity (Wildman–Crippen MR) is 51.5 cm³/mol. The molecule has 6 heteroatoms. The van der Waals surface area contributed by atoms with Crippen molar-refractivity contribution in [2.75, 3.05) is 25.4 Å². The van der Waals surface area contributed by atoms with E-state index in [4.69, 9.17) is 4.55 Å². The van der Waals surface area contributed by atoms with E-state index in [1.54, 1.807) is 0 Å². The average Bonchev–Trinajstić information content (AvgIpc) is 1.88. The molecule has 0 aliphatic carbocycles. The molecule has 0 aliphatic rings. The van der Waals surface area contributed by atoms with Crippen LogP contribution in [0.4, 0.5) is 0 Å². The number of hydrogen-bond acceptors (Lipinski definition) is 3. The fourth-order valence-electron chi connectivity index (χ4n) is 0.784. The topological polar surface area (TPSA) is 57.6 Å². The molecule has 0 atom stereocenters. The summed E-state index contributed by atoms with van der Waals surface area (Å²) in [4.78, 5) is 1.94. The highest BCUT2D eigenvalue weighted by Crippen LogP contribution is 1.89. The first-order chi connectivity index (χ1) is 4.99. The standard InChI is InChI=1S/C6H15NO3S.ClH/c1-3-7(4-2)5-6-11(8,9)10;/h3-6H2,1-2H3,(H,8,9,10);1H. The van der Waals surface area contributed by atoms with E-state index in [-0.39, 0.29) is 18.2 Å². The second-order valence-electron chi connectivity index (χ2n) is 2.31. The third kappa shape index (κ3) is 8.26. The molecule has 0 radical (unpaired) electrons. The second-order valence-corrected chi connectivity index (χ2v) is 3.88. The highest BCUT2D eigenvalue weighted by Gasteiger charge is 2.06. The zero-order valence-electron chi connectivity index (χ0n) is 7.36. The lowest BCUT2D eigenvalue weighted by Gasteiger charge is -2.16. The normalized spacial score (nSPS) is 11.3. The Morgan fingerprint density at radius 2 is 1.67 bits per heavy atom. The molecule has 12 heavy (non-hydrogen) atoms. The van der Waals surface area contributed by atoms with Crippen molar-refractivity contribution in [1.82, 2.24) is 4.90 Å². The molecule has 0 amide bonds. The van der Waals surface area contributed by atoms with Crippen molar-refractivity contribution in [1.29, 1.82) is 0 Å². The van der Waals surface area contributed by atoms with E-state index in [1.807, 2.05) is 18.7 Å². The lowest BCUT2D eigenvalue weighted by atomic mass is 10.5. The fraction of sp³-hybridized carbons (Fsp3) is 1.00. The van der Waals surface area contributed by atoms with Crippen molar-refractivity contribution in [2.45, 2.75) is 13.8 Å². The van der Waals surface area contributed by atoms with Gasteiger partial charge < -0.3 is 4.90 Å². The van der Waals surface area contributed by atoms with Crippen molar-refractivity contribution >= 4 is 22.5 Å². The van der Waals surface area contributed by atoms with Crippen LogP contribution in [0.1, 0.15) is 13.8 Å². The minimum absolute atomic E-state index is 0. The second kappa shape index (κ2) is 6.65. The summed E-state index contributed by atoms with van der Waals surface area (Å²) in [5, 5.41) is 0. The largest absolute Gasteiger partial charge is 0.303 e. The van der Waals surface area contributed by atoms with Gasteiger partial charge in [-0.3, -0.25) is 4.55 Å². The van der Waals surface area contributed by atoms with Crippen LogP contribution in [-0.4, -0.2) is 43.3 Å². The van der Waals surface area contributed by atoms with Crippen molar-refractivity contribution in [3.05, 3.63) is 0 Å². The maximum Gasteiger partial charge on any atom is 0.266 e. The van der Waals surface area contributed by atoms with E-state index in [0.29, 0.717) is 6.54 Å². The third-order valence-electron chi connectivity index (χ3n) is 1.56. The van der Waals surface area contributed by atoms with Gasteiger partial charge in [-0.25, -0.2) is 0 Å². The van der Waals surface area contributed by atoms with Gasteiger partial charge in [0, 0.05) is 6.54 Å². The highest BCUT2D eigenvalue weighted by atomic mass is 35.5. The van der Waals surface area contributed by atoms with Gasteiger partial charge in [-0.1, -0.05) is 13.8 Å². The Kier molecular flexibility index (Phi) is 8.13. The summed E-state index contributed by atoms with van der Waals surface area (Å²) in [5.41, 5.74) is 0. The van der Waals surface area contributed by atoms with E-state index in [1.165, 1.54) is 0 Å². The SMILES string of the molecule is CCN(CC)CCS(=O)(=O)O.Cl. The lowest BCUT2D eigenvalue weighted by Crippen LogP contribution is -2.28. The molecule has 4 nitrogen and oxygen atoms in total. The highest BCUT2D eigenvalue weighted by molar-refractivity contribution is 7.85. The van der Waals surface area contributed by atoms with Gasteiger partial charge in [0.05, 0.1) is 5.75 Å². The molecule has 0 aromatic rings. The molecule has 0 aliphatic heterocycles. The van der Waals surface area contributed by atoms with Crippen molar-refractivity contribution < 1.29 is 13.0 Å². The molecule has 0 heterocycles. The fourth-order valence-corrected chi connectivity index (χ4v) is 1.27. The quantitative estimate of drug-likeness (QED) is 0.687. The minimum atomic E-state index is -3.78. The summed E-state index contributed by atoms with van der Waals surface area (Å²) in [6, 6.07) is 0. The number of nitrogens with zero attached hydrogens (tertiary/aromatic N) is 1. The molecule has 0 spiro atoms. The Morgan fingerprint density at radius 3 is 1.92 bits per heavy atom. The van der Waals surface area contributed by atoms with Gasteiger partial charge >= 0.3 is 0 Å². The van der Waals surface area contributed by atoms with Crippen LogP contribution >= 0.6 is 12.4 Å². The Bertz CT molecular complexity index is 189. The molecule has 76 valence electrons. The van der Waals surface area contributed by atoms with Crippen LogP contribution in [-0.2, 0) is 10.1 Å². The molecule has 0 rings (SSSR count). The van der Waals surface area contributed by atoms with Gasteiger partial charge in [0.15, 0.2) is 0 Å². The summed E-state index contributed by atoms with van der Waals surface area (Å²) in [7, 11) is -3.78. The molecule has 1 N–H and O–H groups in total. The summed E-state index contributed by atoms with van der Waals surface area (Å²) >= 11 is 0. The lowest BCUT2D eigenvalue weighted by molar-refractivity contribution is 0.318. The van der Waals surface area contributed by atoms with Crippen molar-refractivity contribution in [3.8, 4) is 0 Å². The van der Waals surface area contributed by atoms with Gasteiger partial charge in [-0.2, -0.15) is 8.42 Å². The Morgan fingerprint density at radius 1 is 1.25 bits per heavy atom. The first kappa shape index (κ1) is 14.7. The molecule has 0 saturated carbocycles. The summed E-state index contributed by atoms with van der Waals surface area (Å²) in [5.74, 6) is -0.172. The maximum atomic E-state index is 10.3. The summed E-state index contributed by atoms with van der Waals surface area (Å²) < 4.78 is 29.0. The van der Waals surface area contributed by atoms with Crippen LogP contribution in [0.15, 0.2) is 0 Å². The zero-order valence-corrected chi connectivity index (χ0v) is 8.99. The molecule has 0 unspecified atom stereocenters. The molecule has 0 saturated heterocycles. The maximum absolute atomic E-state index is 10.3. The van der Waals surface area contributed by atoms with E-state index < -0.39 is 10.1 Å². The summed E-state index contributed by atoms with van der Waals surface area (Å²) in [6.45, 7) is 5.94. The van der Waals surface area contributed by atoms with Crippen molar-refractivity contribution in [3.63, 3.8) is 0 Å². The number of rotatable bonds is 5. The van der Waals surface area contributed by atoms with Crippen LogP contribution < -0.4 is 0 Å². The van der Waals surface area contributed by atoms with Gasteiger partial charge in [-0.15, -0.1) is 12.4 Å². The van der Waals surface area contributed by atoms with Crippen molar-refractivity contribution in [2.24, 2.45) is 0 Å². The molecular weight excluding hydrogens is 202 g/mol. The van der Waals surface area contributed by atoms with Crippen LogP contribution in [0, 0.1) is 0 Å². The van der Waals surface area contributed by atoms with E-state index >= 15 is 0 Å². The molecular formula is C6H16ClNO3S. The molecule has 0 bridgehead atoms. The molecule has 0 aromatic carbocycles. The third-order valence-corrected chi connectivity index (χ3v) is 2.26. The van der Waals surface area contributed by atoms with Crippen LogP contribution in [0.5, 0.6) is 0 Å². The smallest absolute Gasteiger partial charge is 0.266 e. The van der Waals surface area contributed by atoms with Gasteiger partial charge in [0.1, 0.15) is 0 Å². The van der Waals surface area contributed by atoms with Crippen LogP contribution in [0.3, 0.4) is 0 Å². The summed E-state index contributed by atoms with van der Waals surface area (Å²) in [6.07, 6.45) is 0. The minimum Gasteiger partial charge on any atom is -0.303 e. The zero-order chi connectivity index (χ0) is 8.91. The van der Waals surface area contributed by atoms with Gasteiger partial charge in [-0.05, 0) is 13.1 Å². The van der Waals surface area contributed by atoms with E-state index in [2.05, 4.69) is 0 Å². The van der Waals surface area contributed by atoms with Crippen LogP contribution in [0.2, 0.25) is 0 Å². The van der Waals surface area contributed by atoms with Crippen LogP contribution in [0.25, 0.3) is 0 Å². The molecule has 0 aromatic heterocycles. The average molecular weight is 218 g/mol. The van der Waals surface area contributed by atoms with E-state index in [0.717, 1.165) is 13.1 Å². The first-order valence-corrected chi connectivity index (χ1v) is 5.28. The van der Waals surface area contributed by atoms with Gasteiger partial charge in [0.2, 0.25) is 0 Å². The predicted octanol–water partition coefficient (Wildman–Crippen LogP) is 0.638. The monoisotopic (exact) mass is 217 g/mol. The first-order valence-electron chi connectivity index (χ1n) is 3.67. The Labute approximate surface area is 80.1 Å². The Hall–Kier alpha value is 0.160. The molecule has 0 fully saturated rings. The number of halogens is 1. The van der Waals surface area contributed by atoms with Gasteiger partial charge in [0.25, 0.3) is 10.1 Å². The Balaban J connectivity index is 0. The van der Waals surface area contributed by atoms with E-state index in [9.17, 15) is 8.42 Å².